The van der Waals surface area contributed by atoms with E-state index in [0.717, 1.165) is 38.5 Å². The summed E-state index contributed by atoms with van der Waals surface area (Å²) in [4.78, 5) is 23.0. The van der Waals surface area contributed by atoms with Gasteiger partial charge in [0, 0.05) is 25.7 Å². The zero-order valence-corrected chi connectivity index (χ0v) is 8.55. The van der Waals surface area contributed by atoms with Crippen LogP contribution in [0.2, 0.25) is 0 Å². The molecule has 0 atom stereocenters. The average molecular weight is 213 g/mol. The van der Waals surface area contributed by atoms with E-state index in [1.54, 1.807) is 0 Å². The Morgan fingerprint density at radius 3 is 2.80 bits per heavy atom. The summed E-state index contributed by atoms with van der Waals surface area (Å²) in [6.07, 6.45) is 2.78. The molecule has 0 saturated carbocycles. The Kier molecular flexibility index (Phi) is 5.65. The van der Waals surface area contributed by atoms with E-state index in [9.17, 15) is 9.59 Å². The van der Waals surface area contributed by atoms with Crippen LogP contribution in [0, 0.1) is 0 Å². The maximum absolute atomic E-state index is 10.9. The SMILES string of the molecule is O=C/C=C/C(=O)OCCN1CCOCC1. The van der Waals surface area contributed by atoms with Crippen molar-refractivity contribution in [1.82, 2.24) is 4.90 Å². The molecule has 0 amide bonds. The molecule has 1 aliphatic rings. The summed E-state index contributed by atoms with van der Waals surface area (Å²) in [5.41, 5.74) is 0. The Hall–Kier alpha value is -1.20. The lowest BCUT2D eigenvalue weighted by atomic mass is 10.4. The van der Waals surface area contributed by atoms with Crippen LogP contribution < -0.4 is 0 Å². The highest BCUT2D eigenvalue weighted by Gasteiger charge is 2.09. The van der Waals surface area contributed by atoms with E-state index in [4.69, 9.17) is 9.47 Å². The lowest BCUT2D eigenvalue weighted by Crippen LogP contribution is -2.38. The van der Waals surface area contributed by atoms with Gasteiger partial charge in [0.15, 0.2) is 0 Å². The molecule has 15 heavy (non-hydrogen) atoms. The van der Waals surface area contributed by atoms with E-state index in [0.29, 0.717) is 19.4 Å². The zero-order chi connectivity index (χ0) is 10.9. The van der Waals surface area contributed by atoms with Gasteiger partial charge < -0.3 is 9.47 Å². The minimum absolute atomic E-state index is 0.349. The summed E-state index contributed by atoms with van der Waals surface area (Å²) in [5, 5.41) is 0. The highest BCUT2D eigenvalue weighted by molar-refractivity contribution is 5.86. The van der Waals surface area contributed by atoms with Gasteiger partial charge in [0.05, 0.1) is 13.2 Å². The van der Waals surface area contributed by atoms with Gasteiger partial charge in [0.25, 0.3) is 0 Å². The maximum Gasteiger partial charge on any atom is 0.330 e. The molecule has 0 aromatic rings. The Morgan fingerprint density at radius 2 is 2.13 bits per heavy atom. The minimum atomic E-state index is -0.477. The van der Waals surface area contributed by atoms with E-state index in [2.05, 4.69) is 4.90 Å². The Morgan fingerprint density at radius 1 is 1.40 bits per heavy atom. The zero-order valence-electron chi connectivity index (χ0n) is 8.55. The van der Waals surface area contributed by atoms with Crippen molar-refractivity contribution in [2.24, 2.45) is 0 Å². The van der Waals surface area contributed by atoms with Crippen LogP contribution in [0.3, 0.4) is 0 Å². The van der Waals surface area contributed by atoms with Crippen molar-refractivity contribution in [2.75, 3.05) is 39.5 Å². The lowest BCUT2D eigenvalue weighted by Gasteiger charge is -2.25. The smallest absolute Gasteiger partial charge is 0.330 e. The number of nitrogens with zero attached hydrogens (tertiary/aromatic N) is 1. The number of hydrogen-bond donors (Lipinski definition) is 0. The van der Waals surface area contributed by atoms with Crippen LogP contribution in [0.15, 0.2) is 12.2 Å². The van der Waals surface area contributed by atoms with E-state index in [1.807, 2.05) is 0 Å². The van der Waals surface area contributed by atoms with Crippen molar-refractivity contribution in [1.29, 1.82) is 0 Å². The van der Waals surface area contributed by atoms with E-state index in [-0.39, 0.29) is 0 Å². The van der Waals surface area contributed by atoms with Crippen LogP contribution in [-0.2, 0) is 19.1 Å². The Labute approximate surface area is 88.6 Å². The number of ether oxygens (including phenoxy) is 2. The van der Waals surface area contributed by atoms with Gasteiger partial charge in [-0.25, -0.2) is 4.79 Å². The number of aldehydes is 1. The lowest BCUT2D eigenvalue weighted by molar-refractivity contribution is -0.138. The first-order chi connectivity index (χ1) is 7.33. The molecule has 0 unspecified atom stereocenters. The molecule has 1 heterocycles. The summed E-state index contributed by atoms with van der Waals surface area (Å²) < 4.78 is 10.1. The number of allylic oxidation sites excluding steroid dienone is 1. The Bertz CT molecular complexity index is 234. The number of carbonyl (C=O) groups is 2. The number of rotatable bonds is 5. The van der Waals surface area contributed by atoms with Crippen LogP contribution in [0.4, 0.5) is 0 Å². The first kappa shape index (κ1) is 11.9. The van der Waals surface area contributed by atoms with Gasteiger partial charge in [-0.05, 0) is 6.08 Å². The van der Waals surface area contributed by atoms with E-state index in [1.165, 1.54) is 0 Å². The minimum Gasteiger partial charge on any atom is -0.461 e. The monoisotopic (exact) mass is 213 g/mol. The number of morpholine rings is 1. The predicted molar refractivity (Wildman–Crippen MR) is 53.4 cm³/mol. The van der Waals surface area contributed by atoms with Crippen molar-refractivity contribution in [2.45, 2.75) is 0 Å². The molecule has 1 aliphatic heterocycles. The average Bonchev–Trinajstić information content (AvgIpc) is 2.28. The molecule has 0 spiro atoms. The third kappa shape index (κ3) is 5.29. The second-order valence-corrected chi connectivity index (χ2v) is 3.12. The predicted octanol–water partition coefficient (Wildman–Crippen LogP) is -0.383. The fourth-order valence-corrected chi connectivity index (χ4v) is 1.27. The van der Waals surface area contributed by atoms with E-state index < -0.39 is 5.97 Å². The molecule has 0 aromatic carbocycles. The van der Waals surface area contributed by atoms with E-state index >= 15 is 0 Å². The van der Waals surface area contributed by atoms with Crippen molar-refractivity contribution < 1.29 is 19.1 Å². The largest absolute Gasteiger partial charge is 0.461 e. The molecular weight excluding hydrogens is 198 g/mol. The molecular formula is C10H15NO4. The van der Waals surface area contributed by atoms with Gasteiger partial charge >= 0.3 is 5.97 Å². The van der Waals surface area contributed by atoms with Crippen LogP contribution in [-0.4, -0.2) is 56.6 Å². The molecule has 1 fully saturated rings. The molecule has 0 radical (unpaired) electrons. The summed E-state index contributed by atoms with van der Waals surface area (Å²) in [7, 11) is 0. The van der Waals surface area contributed by atoms with Crippen molar-refractivity contribution >= 4 is 12.3 Å². The molecule has 5 nitrogen and oxygen atoms in total. The topological polar surface area (TPSA) is 55.8 Å². The maximum atomic E-state index is 10.9. The summed E-state index contributed by atoms with van der Waals surface area (Å²) in [5.74, 6) is -0.477. The molecule has 1 rings (SSSR count). The van der Waals surface area contributed by atoms with Crippen molar-refractivity contribution in [3.8, 4) is 0 Å². The summed E-state index contributed by atoms with van der Waals surface area (Å²) >= 11 is 0. The quantitative estimate of drug-likeness (QED) is 0.354. The van der Waals surface area contributed by atoms with Crippen LogP contribution in [0.25, 0.3) is 0 Å². The van der Waals surface area contributed by atoms with Gasteiger partial charge in [0.2, 0.25) is 0 Å². The molecule has 0 aromatic heterocycles. The number of esters is 1. The first-order valence-corrected chi connectivity index (χ1v) is 4.91. The normalized spacial score (nSPS) is 17.9. The highest BCUT2D eigenvalue weighted by atomic mass is 16.5. The number of carbonyl (C=O) groups excluding carboxylic acids is 2. The van der Waals surface area contributed by atoms with Crippen LogP contribution >= 0.6 is 0 Å². The van der Waals surface area contributed by atoms with Gasteiger partial charge in [-0.2, -0.15) is 0 Å². The molecule has 0 bridgehead atoms. The van der Waals surface area contributed by atoms with Crippen molar-refractivity contribution in [3.63, 3.8) is 0 Å². The van der Waals surface area contributed by atoms with Crippen LogP contribution in [0.5, 0.6) is 0 Å². The fraction of sp³-hybridized carbons (Fsp3) is 0.600. The van der Waals surface area contributed by atoms with Gasteiger partial charge in [-0.1, -0.05) is 0 Å². The second-order valence-electron chi connectivity index (χ2n) is 3.12. The first-order valence-electron chi connectivity index (χ1n) is 4.91. The fourth-order valence-electron chi connectivity index (χ4n) is 1.27. The van der Waals surface area contributed by atoms with Gasteiger partial charge in [-0.3, -0.25) is 9.69 Å². The van der Waals surface area contributed by atoms with Crippen LogP contribution in [0.1, 0.15) is 0 Å². The Balaban J connectivity index is 2.06. The van der Waals surface area contributed by atoms with Gasteiger partial charge in [-0.15, -0.1) is 0 Å². The molecule has 5 heteroatoms. The summed E-state index contributed by atoms with van der Waals surface area (Å²) in [6, 6.07) is 0. The standard InChI is InChI=1S/C10H15NO4/c12-6-1-2-10(13)15-9-5-11-3-7-14-8-4-11/h1-2,6H,3-5,7-9H2/b2-1+. The van der Waals surface area contributed by atoms with Crippen molar-refractivity contribution in [3.05, 3.63) is 12.2 Å². The molecule has 0 N–H and O–H groups in total. The number of hydrogen-bond acceptors (Lipinski definition) is 5. The third-order valence-corrected chi connectivity index (χ3v) is 2.07. The molecule has 84 valence electrons. The highest BCUT2D eigenvalue weighted by Crippen LogP contribution is 1.95. The molecule has 1 saturated heterocycles. The third-order valence-electron chi connectivity index (χ3n) is 2.07. The summed E-state index contributed by atoms with van der Waals surface area (Å²) in [6.45, 7) is 4.29. The van der Waals surface area contributed by atoms with Gasteiger partial charge in [0.1, 0.15) is 12.9 Å². The molecule has 0 aliphatic carbocycles. The second kappa shape index (κ2) is 7.14.